The zero-order valence-corrected chi connectivity index (χ0v) is 20.9. The Hall–Kier alpha value is -3.39. The maximum atomic E-state index is 13.6. The molecule has 0 bridgehead atoms. The van der Waals surface area contributed by atoms with E-state index >= 15 is 0 Å². The number of carbonyl (C=O) groups excluding carboxylic acids is 2. The van der Waals surface area contributed by atoms with Gasteiger partial charge in [-0.2, -0.15) is 0 Å². The molecule has 0 saturated heterocycles. The molecule has 1 atom stereocenters. The van der Waals surface area contributed by atoms with Gasteiger partial charge in [0.1, 0.15) is 12.4 Å². The zero-order valence-electron chi connectivity index (χ0n) is 20.1. The highest BCUT2D eigenvalue weighted by molar-refractivity contribution is 7.10. The number of hydrogen-bond donors (Lipinski definition) is 0. The molecule has 2 heterocycles. The molecule has 0 N–H and O–H groups in total. The third-order valence-electron chi connectivity index (χ3n) is 6.25. The van der Waals surface area contributed by atoms with Gasteiger partial charge in [-0.15, -0.1) is 11.3 Å². The molecule has 184 valence electrons. The Labute approximate surface area is 208 Å². The highest BCUT2D eigenvalue weighted by atomic mass is 32.1. The lowest BCUT2D eigenvalue weighted by molar-refractivity contribution is -0.133. The average Bonchev–Trinajstić information content (AvgIpc) is 3.50. The molecule has 1 unspecified atom stereocenters. The first-order valence-electron chi connectivity index (χ1n) is 11.6. The molecule has 0 saturated carbocycles. The Balaban J connectivity index is 1.57. The highest BCUT2D eigenvalue weighted by Crippen LogP contribution is 2.33. The van der Waals surface area contributed by atoms with Crippen molar-refractivity contribution in [1.29, 1.82) is 0 Å². The molecular weight excluding hydrogens is 467 g/mol. The molecule has 35 heavy (non-hydrogen) atoms. The van der Waals surface area contributed by atoms with Crippen molar-refractivity contribution in [2.75, 3.05) is 13.3 Å². The molecule has 3 aromatic rings. The number of nitrogens with zero attached hydrogens (tertiary/aromatic N) is 2. The molecule has 6 nitrogen and oxygen atoms in total. The Bertz CT molecular complexity index is 1190. The molecule has 8 heteroatoms. The minimum absolute atomic E-state index is 0.0616. The van der Waals surface area contributed by atoms with Crippen LogP contribution in [0.15, 0.2) is 53.9 Å². The summed E-state index contributed by atoms with van der Waals surface area (Å²) in [6, 6.07) is 13.1. The van der Waals surface area contributed by atoms with Gasteiger partial charge in [-0.3, -0.25) is 9.59 Å². The first-order chi connectivity index (χ1) is 16.9. The van der Waals surface area contributed by atoms with E-state index in [0.717, 1.165) is 16.0 Å². The largest absolute Gasteiger partial charge is 0.454 e. The SMILES string of the molecule is CCC(C)N(CC(=O)N(Cc1ccc(F)cc1)Cc1sccc1C)C(=O)c1ccc2c(c1)OCO2. The van der Waals surface area contributed by atoms with Crippen LogP contribution in [0.4, 0.5) is 4.39 Å². The molecule has 1 aliphatic heterocycles. The van der Waals surface area contributed by atoms with Crippen LogP contribution in [0.1, 0.15) is 46.6 Å². The van der Waals surface area contributed by atoms with E-state index in [1.54, 1.807) is 51.5 Å². The summed E-state index contributed by atoms with van der Waals surface area (Å²) in [5, 5.41) is 2.00. The summed E-state index contributed by atoms with van der Waals surface area (Å²) in [4.78, 5) is 31.5. The van der Waals surface area contributed by atoms with E-state index in [1.165, 1.54) is 12.1 Å². The highest BCUT2D eigenvalue weighted by Gasteiger charge is 2.27. The number of halogens is 1. The van der Waals surface area contributed by atoms with Gasteiger partial charge in [0.05, 0.1) is 6.54 Å². The number of thiophene rings is 1. The number of carbonyl (C=O) groups is 2. The first kappa shape index (κ1) is 24.7. The predicted molar refractivity (Wildman–Crippen MR) is 133 cm³/mol. The van der Waals surface area contributed by atoms with E-state index in [2.05, 4.69) is 0 Å². The van der Waals surface area contributed by atoms with E-state index < -0.39 is 0 Å². The summed E-state index contributed by atoms with van der Waals surface area (Å²) < 4.78 is 24.2. The average molecular weight is 497 g/mol. The van der Waals surface area contributed by atoms with Gasteiger partial charge in [0.2, 0.25) is 12.7 Å². The fourth-order valence-corrected chi connectivity index (χ4v) is 4.79. The second kappa shape index (κ2) is 10.9. The number of rotatable bonds is 9. The Morgan fingerprint density at radius 3 is 2.49 bits per heavy atom. The lowest BCUT2D eigenvalue weighted by Gasteiger charge is -2.31. The topological polar surface area (TPSA) is 59.1 Å². The summed E-state index contributed by atoms with van der Waals surface area (Å²) in [6.07, 6.45) is 0.700. The summed E-state index contributed by atoms with van der Waals surface area (Å²) in [7, 11) is 0. The molecule has 1 aliphatic rings. The summed E-state index contributed by atoms with van der Waals surface area (Å²) >= 11 is 1.59. The maximum Gasteiger partial charge on any atom is 0.254 e. The van der Waals surface area contributed by atoms with Crippen LogP contribution >= 0.6 is 11.3 Å². The van der Waals surface area contributed by atoms with Crippen LogP contribution in [0.2, 0.25) is 0 Å². The van der Waals surface area contributed by atoms with Crippen molar-refractivity contribution in [3.8, 4) is 11.5 Å². The van der Waals surface area contributed by atoms with Crippen LogP contribution in [-0.4, -0.2) is 41.0 Å². The van der Waals surface area contributed by atoms with Gasteiger partial charge >= 0.3 is 0 Å². The standard InChI is InChI=1S/C27H29FN2O4S/c1-4-19(3)30(27(32)21-7-10-23-24(13-21)34-17-33-23)16-26(31)29(15-25-18(2)11-12-35-25)14-20-5-8-22(28)9-6-20/h5-13,19H,4,14-17H2,1-3H3. The van der Waals surface area contributed by atoms with Crippen LogP contribution < -0.4 is 9.47 Å². The number of hydrogen-bond acceptors (Lipinski definition) is 5. The van der Waals surface area contributed by atoms with Crippen LogP contribution in [-0.2, 0) is 17.9 Å². The van der Waals surface area contributed by atoms with Gasteiger partial charge in [-0.1, -0.05) is 19.1 Å². The van der Waals surface area contributed by atoms with E-state index in [4.69, 9.17) is 9.47 Å². The van der Waals surface area contributed by atoms with Gasteiger partial charge in [0.15, 0.2) is 11.5 Å². The zero-order chi connectivity index (χ0) is 24.9. The Kier molecular flexibility index (Phi) is 7.70. The molecule has 0 fully saturated rings. The van der Waals surface area contributed by atoms with Crippen molar-refractivity contribution in [3.63, 3.8) is 0 Å². The molecule has 2 aromatic carbocycles. The quantitative estimate of drug-likeness (QED) is 0.398. The van der Waals surface area contributed by atoms with Crippen LogP contribution in [0, 0.1) is 12.7 Å². The smallest absolute Gasteiger partial charge is 0.254 e. The van der Waals surface area contributed by atoms with Gasteiger partial charge in [0.25, 0.3) is 5.91 Å². The van der Waals surface area contributed by atoms with Crippen molar-refractivity contribution >= 4 is 23.2 Å². The van der Waals surface area contributed by atoms with Gasteiger partial charge in [0, 0.05) is 23.0 Å². The van der Waals surface area contributed by atoms with Gasteiger partial charge in [-0.25, -0.2) is 4.39 Å². The number of fused-ring (bicyclic) bond motifs is 1. The molecule has 0 aliphatic carbocycles. The summed E-state index contributed by atoms with van der Waals surface area (Å²) in [5.74, 6) is 0.399. The fourth-order valence-electron chi connectivity index (χ4n) is 3.87. The van der Waals surface area contributed by atoms with Crippen molar-refractivity contribution < 1.29 is 23.5 Å². The van der Waals surface area contributed by atoms with Gasteiger partial charge < -0.3 is 19.3 Å². The van der Waals surface area contributed by atoms with Crippen LogP contribution in [0.5, 0.6) is 11.5 Å². The maximum absolute atomic E-state index is 13.6. The minimum atomic E-state index is -0.321. The van der Waals surface area contributed by atoms with Crippen molar-refractivity contribution in [3.05, 3.63) is 81.3 Å². The normalized spacial score (nSPS) is 12.9. The van der Waals surface area contributed by atoms with E-state index in [1.807, 2.05) is 32.2 Å². The molecule has 0 radical (unpaired) electrons. The first-order valence-corrected chi connectivity index (χ1v) is 12.5. The van der Waals surface area contributed by atoms with Crippen molar-refractivity contribution in [2.24, 2.45) is 0 Å². The van der Waals surface area contributed by atoms with Crippen LogP contribution in [0.3, 0.4) is 0 Å². The minimum Gasteiger partial charge on any atom is -0.454 e. The van der Waals surface area contributed by atoms with Gasteiger partial charge in [-0.05, 0) is 73.2 Å². The second-order valence-corrected chi connectivity index (χ2v) is 9.66. The number of amides is 2. The summed E-state index contributed by atoms with van der Waals surface area (Å²) in [6.45, 7) is 6.75. The molecular formula is C27H29FN2O4S. The Morgan fingerprint density at radius 2 is 1.80 bits per heavy atom. The van der Waals surface area contributed by atoms with E-state index in [0.29, 0.717) is 36.6 Å². The molecule has 0 spiro atoms. The lowest BCUT2D eigenvalue weighted by atomic mass is 10.1. The molecule has 2 amide bonds. The molecule has 1 aromatic heterocycles. The van der Waals surface area contributed by atoms with Crippen molar-refractivity contribution in [2.45, 2.75) is 46.3 Å². The lowest BCUT2D eigenvalue weighted by Crippen LogP contribution is -2.46. The van der Waals surface area contributed by atoms with Crippen LogP contribution in [0.25, 0.3) is 0 Å². The van der Waals surface area contributed by atoms with E-state index in [-0.39, 0.29) is 37.0 Å². The third-order valence-corrected chi connectivity index (χ3v) is 7.26. The predicted octanol–water partition coefficient (Wildman–Crippen LogP) is 5.39. The second-order valence-electron chi connectivity index (χ2n) is 8.66. The number of benzene rings is 2. The molecule has 4 rings (SSSR count). The number of aryl methyl sites for hydroxylation is 1. The summed E-state index contributed by atoms with van der Waals surface area (Å²) in [5.41, 5.74) is 2.38. The number of ether oxygens (including phenoxy) is 2. The monoisotopic (exact) mass is 496 g/mol. The third kappa shape index (κ3) is 5.82. The van der Waals surface area contributed by atoms with Crippen molar-refractivity contribution in [1.82, 2.24) is 9.80 Å². The van der Waals surface area contributed by atoms with E-state index in [9.17, 15) is 14.0 Å². The Morgan fingerprint density at radius 1 is 1.06 bits per heavy atom. The fraction of sp³-hybridized carbons (Fsp3) is 0.333.